The SMILES string of the molecule is C/C1=C\CC[C@]2(C)C=CC3=C(O2)[C@](C)(CC1)[C@@H](C)CC3=O. The van der Waals surface area contributed by atoms with Crippen LogP contribution in [0, 0.1) is 11.3 Å². The van der Waals surface area contributed by atoms with Crippen LogP contribution >= 0.6 is 0 Å². The lowest BCUT2D eigenvalue weighted by Gasteiger charge is -2.47. The Labute approximate surface area is 127 Å². The van der Waals surface area contributed by atoms with Gasteiger partial charge in [-0.25, -0.2) is 0 Å². The molecule has 3 rings (SSSR count). The molecule has 0 amide bonds. The van der Waals surface area contributed by atoms with Gasteiger partial charge in [-0.15, -0.1) is 0 Å². The molecule has 0 fully saturated rings. The maximum atomic E-state index is 12.4. The fourth-order valence-corrected chi connectivity index (χ4v) is 3.80. The highest BCUT2D eigenvalue weighted by Gasteiger charge is 2.47. The van der Waals surface area contributed by atoms with Gasteiger partial charge in [0.1, 0.15) is 11.4 Å². The van der Waals surface area contributed by atoms with Crippen LogP contribution in [0.3, 0.4) is 0 Å². The Morgan fingerprint density at radius 3 is 2.81 bits per heavy atom. The molecule has 3 aliphatic rings. The lowest BCUT2D eigenvalue weighted by Crippen LogP contribution is -2.42. The topological polar surface area (TPSA) is 26.3 Å². The van der Waals surface area contributed by atoms with Crippen molar-refractivity contribution in [1.82, 2.24) is 0 Å². The van der Waals surface area contributed by atoms with Gasteiger partial charge in [0.25, 0.3) is 0 Å². The molecule has 3 atom stereocenters. The highest BCUT2D eigenvalue weighted by molar-refractivity contribution is 6.00. The van der Waals surface area contributed by atoms with Crippen molar-refractivity contribution in [3.63, 3.8) is 0 Å². The number of fused-ring (bicyclic) bond motifs is 1. The van der Waals surface area contributed by atoms with Gasteiger partial charge >= 0.3 is 0 Å². The second-order valence-corrected chi connectivity index (χ2v) is 7.53. The van der Waals surface area contributed by atoms with E-state index in [2.05, 4.69) is 39.8 Å². The van der Waals surface area contributed by atoms with Gasteiger partial charge in [-0.2, -0.15) is 0 Å². The molecular formula is C19H26O2. The Kier molecular flexibility index (Phi) is 3.38. The third-order valence-corrected chi connectivity index (χ3v) is 5.75. The summed E-state index contributed by atoms with van der Waals surface area (Å²) in [6.45, 7) is 8.86. The van der Waals surface area contributed by atoms with Crippen molar-refractivity contribution < 1.29 is 9.53 Å². The lowest BCUT2D eigenvalue weighted by molar-refractivity contribution is -0.120. The minimum atomic E-state index is -0.272. The molecule has 2 heterocycles. The Hall–Kier alpha value is -1.31. The van der Waals surface area contributed by atoms with E-state index >= 15 is 0 Å². The van der Waals surface area contributed by atoms with E-state index in [0.29, 0.717) is 12.3 Å². The quantitative estimate of drug-likeness (QED) is 0.602. The van der Waals surface area contributed by atoms with Crippen molar-refractivity contribution in [3.8, 4) is 0 Å². The third-order valence-electron chi connectivity index (χ3n) is 5.75. The van der Waals surface area contributed by atoms with Crippen LogP contribution < -0.4 is 0 Å². The first-order chi connectivity index (χ1) is 9.84. The van der Waals surface area contributed by atoms with Gasteiger partial charge in [-0.3, -0.25) is 4.79 Å². The number of carbonyl (C=O) groups is 1. The molecule has 0 saturated heterocycles. The molecule has 0 aromatic rings. The zero-order valence-corrected chi connectivity index (χ0v) is 13.7. The number of carbonyl (C=O) groups excluding carboxylic acids is 1. The van der Waals surface area contributed by atoms with E-state index in [-0.39, 0.29) is 16.8 Å². The standard InChI is InChI=1S/C19H26O2/c1-13-6-5-9-18(3)10-8-15-16(20)12-14(2)19(4,11-7-13)17(15)21-18/h6,8,10,14H,5,7,9,11-12H2,1-4H3/b13-6+/t14-,18+,19+/m0/s1. The number of ether oxygens (including phenoxy) is 1. The molecule has 0 spiro atoms. The van der Waals surface area contributed by atoms with Crippen LogP contribution in [0.15, 0.2) is 35.1 Å². The predicted octanol–water partition coefficient (Wildman–Crippen LogP) is 4.72. The second-order valence-electron chi connectivity index (χ2n) is 7.53. The molecule has 2 bridgehead atoms. The van der Waals surface area contributed by atoms with Gasteiger partial charge in [0.05, 0.1) is 5.57 Å². The molecule has 0 saturated carbocycles. The number of Topliss-reactive ketones (excluding diaryl/α,β-unsaturated/α-hetero) is 1. The summed E-state index contributed by atoms with van der Waals surface area (Å²) in [5.41, 5.74) is 2.00. The van der Waals surface area contributed by atoms with E-state index in [0.717, 1.165) is 37.0 Å². The summed E-state index contributed by atoms with van der Waals surface area (Å²) in [5.74, 6) is 1.55. The molecule has 1 aliphatic carbocycles. The first-order valence-corrected chi connectivity index (χ1v) is 8.16. The Morgan fingerprint density at radius 2 is 2.05 bits per heavy atom. The zero-order valence-electron chi connectivity index (χ0n) is 13.7. The molecule has 114 valence electrons. The van der Waals surface area contributed by atoms with Crippen molar-refractivity contribution >= 4 is 5.78 Å². The smallest absolute Gasteiger partial charge is 0.166 e. The molecule has 2 heteroatoms. The van der Waals surface area contributed by atoms with E-state index in [1.807, 2.05) is 6.08 Å². The number of rotatable bonds is 0. The Morgan fingerprint density at radius 1 is 1.29 bits per heavy atom. The molecule has 2 nitrogen and oxygen atoms in total. The van der Waals surface area contributed by atoms with Crippen LogP contribution in [-0.2, 0) is 9.53 Å². The van der Waals surface area contributed by atoms with Gasteiger partial charge in [-0.05, 0) is 57.6 Å². The van der Waals surface area contributed by atoms with Crippen molar-refractivity contribution in [2.75, 3.05) is 0 Å². The molecule has 0 aromatic heterocycles. The van der Waals surface area contributed by atoms with Crippen molar-refractivity contribution in [3.05, 3.63) is 35.1 Å². The molecule has 0 aromatic carbocycles. The van der Waals surface area contributed by atoms with Gasteiger partial charge in [0, 0.05) is 11.8 Å². The maximum absolute atomic E-state index is 12.4. The van der Waals surface area contributed by atoms with Crippen LogP contribution in [0.2, 0.25) is 0 Å². The minimum absolute atomic E-state index is 0.0261. The molecule has 0 radical (unpaired) electrons. The third kappa shape index (κ3) is 2.39. The second kappa shape index (κ2) is 4.86. The molecule has 0 unspecified atom stereocenters. The summed E-state index contributed by atoms with van der Waals surface area (Å²) in [4.78, 5) is 12.4. The number of hydrogen-bond acceptors (Lipinski definition) is 2. The number of allylic oxidation sites excluding steroid dienone is 5. The minimum Gasteiger partial charge on any atom is -0.486 e. The van der Waals surface area contributed by atoms with E-state index < -0.39 is 0 Å². The predicted molar refractivity (Wildman–Crippen MR) is 84.8 cm³/mol. The van der Waals surface area contributed by atoms with Crippen LogP contribution in [-0.4, -0.2) is 11.4 Å². The summed E-state index contributed by atoms with van der Waals surface area (Å²) < 4.78 is 6.44. The van der Waals surface area contributed by atoms with E-state index in [4.69, 9.17) is 4.74 Å². The molecular weight excluding hydrogens is 260 g/mol. The highest BCUT2D eigenvalue weighted by atomic mass is 16.5. The summed E-state index contributed by atoms with van der Waals surface area (Å²) >= 11 is 0. The molecule has 21 heavy (non-hydrogen) atoms. The average molecular weight is 286 g/mol. The fourth-order valence-electron chi connectivity index (χ4n) is 3.80. The van der Waals surface area contributed by atoms with Crippen molar-refractivity contribution in [2.24, 2.45) is 11.3 Å². The highest BCUT2D eigenvalue weighted by Crippen LogP contribution is 2.51. The van der Waals surface area contributed by atoms with Crippen LogP contribution in [0.25, 0.3) is 0 Å². The van der Waals surface area contributed by atoms with Gasteiger partial charge in [-0.1, -0.05) is 25.5 Å². The van der Waals surface area contributed by atoms with Crippen LogP contribution in [0.1, 0.15) is 59.8 Å². The Balaban J connectivity index is 2.11. The van der Waals surface area contributed by atoms with Crippen LogP contribution in [0.5, 0.6) is 0 Å². The summed E-state index contributed by atoms with van der Waals surface area (Å²) in [5, 5.41) is 0. The van der Waals surface area contributed by atoms with Gasteiger partial charge in [0.15, 0.2) is 5.78 Å². The summed E-state index contributed by atoms with van der Waals surface area (Å²) in [7, 11) is 0. The first kappa shape index (κ1) is 14.6. The Bertz CT molecular complexity index is 566. The maximum Gasteiger partial charge on any atom is 0.166 e. The largest absolute Gasteiger partial charge is 0.486 e. The number of hydrogen-bond donors (Lipinski definition) is 0. The van der Waals surface area contributed by atoms with E-state index in [1.165, 1.54) is 5.57 Å². The summed E-state index contributed by atoms with van der Waals surface area (Å²) in [6.07, 6.45) is 11.3. The molecule has 2 aliphatic heterocycles. The average Bonchev–Trinajstić information content (AvgIpc) is 2.42. The van der Waals surface area contributed by atoms with E-state index in [1.54, 1.807) is 0 Å². The first-order valence-electron chi connectivity index (χ1n) is 8.16. The van der Waals surface area contributed by atoms with Crippen molar-refractivity contribution in [2.45, 2.75) is 65.4 Å². The summed E-state index contributed by atoms with van der Waals surface area (Å²) in [6, 6.07) is 0. The number of ketones is 1. The van der Waals surface area contributed by atoms with Gasteiger partial charge in [0.2, 0.25) is 0 Å². The monoisotopic (exact) mass is 286 g/mol. The normalized spacial score (nSPS) is 42.2. The van der Waals surface area contributed by atoms with Crippen LogP contribution in [0.4, 0.5) is 0 Å². The van der Waals surface area contributed by atoms with E-state index in [9.17, 15) is 4.79 Å². The van der Waals surface area contributed by atoms with Crippen molar-refractivity contribution in [1.29, 1.82) is 0 Å². The molecule has 0 N–H and O–H groups in total. The van der Waals surface area contributed by atoms with Gasteiger partial charge < -0.3 is 4.74 Å². The fraction of sp³-hybridized carbons (Fsp3) is 0.632. The lowest BCUT2D eigenvalue weighted by atomic mass is 9.64. The zero-order chi connectivity index (χ0) is 15.3.